The molecule has 5 amide bonds. The van der Waals surface area contributed by atoms with Gasteiger partial charge in [0.15, 0.2) is 0 Å². The maximum Gasteiger partial charge on any atom is 0.289 e. The van der Waals surface area contributed by atoms with Crippen molar-refractivity contribution in [2.24, 2.45) is 28.6 Å². The molecule has 46 heavy (non-hydrogen) atoms. The third-order valence-corrected chi connectivity index (χ3v) is 9.80. The van der Waals surface area contributed by atoms with Crippen LogP contribution < -0.4 is 21.3 Å². The van der Waals surface area contributed by atoms with E-state index in [-0.39, 0.29) is 23.6 Å². The van der Waals surface area contributed by atoms with Crippen LogP contribution in [0.3, 0.4) is 0 Å². The van der Waals surface area contributed by atoms with Gasteiger partial charge in [-0.2, -0.15) is 0 Å². The Hall–Kier alpha value is -3.90. The van der Waals surface area contributed by atoms with Crippen molar-refractivity contribution in [1.82, 2.24) is 36.1 Å². The topological polar surface area (TPSA) is 180 Å². The van der Waals surface area contributed by atoms with Crippen LogP contribution in [-0.2, 0) is 24.0 Å². The van der Waals surface area contributed by atoms with Gasteiger partial charge in [0.25, 0.3) is 11.8 Å². The molecule has 5 rings (SSSR count). The second-order valence-electron chi connectivity index (χ2n) is 15.6. The number of fused-ring (bicyclic) bond motifs is 1. The number of rotatable bonds is 8. The number of hydrogen-bond acceptors (Lipinski definition) is 8. The lowest BCUT2D eigenvalue weighted by molar-refractivity contribution is -0.146. The van der Waals surface area contributed by atoms with Crippen LogP contribution in [0.25, 0.3) is 0 Å². The molecule has 250 valence electrons. The van der Waals surface area contributed by atoms with Crippen molar-refractivity contribution in [2.45, 2.75) is 110 Å². The number of Topliss-reactive ketones (excluding diaryl/α,β-unsaturated/α-hetero) is 1. The summed E-state index contributed by atoms with van der Waals surface area (Å²) in [4.78, 5) is 90.4. The Labute approximate surface area is 269 Å². The van der Waals surface area contributed by atoms with E-state index in [0.29, 0.717) is 18.9 Å². The molecule has 2 saturated carbocycles. The summed E-state index contributed by atoms with van der Waals surface area (Å²) < 4.78 is 0. The zero-order chi connectivity index (χ0) is 33.6. The highest BCUT2D eigenvalue weighted by atomic mass is 16.2. The fourth-order valence-corrected chi connectivity index (χ4v) is 7.18. The first-order valence-electron chi connectivity index (χ1n) is 16.4. The van der Waals surface area contributed by atoms with Crippen molar-refractivity contribution < 1.29 is 28.8 Å². The quantitative estimate of drug-likeness (QED) is 0.306. The predicted molar refractivity (Wildman–Crippen MR) is 167 cm³/mol. The Morgan fingerprint density at radius 3 is 2.22 bits per heavy atom. The smallest absolute Gasteiger partial charge is 0.289 e. The fourth-order valence-electron chi connectivity index (χ4n) is 7.18. The van der Waals surface area contributed by atoms with Crippen molar-refractivity contribution in [1.29, 1.82) is 0 Å². The third kappa shape index (κ3) is 7.23. The minimum atomic E-state index is -1.02. The first-order chi connectivity index (χ1) is 21.5. The minimum Gasteiger partial charge on any atom is -0.347 e. The number of ketones is 1. The molecule has 3 heterocycles. The van der Waals surface area contributed by atoms with Gasteiger partial charge in [-0.25, -0.2) is 4.98 Å². The lowest BCUT2D eigenvalue weighted by atomic mass is 9.82. The summed E-state index contributed by atoms with van der Waals surface area (Å²) in [5.41, 5.74) is -1.42. The number of nitrogens with one attached hydrogen (secondary N) is 4. The fraction of sp³-hybridized carbons (Fsp3) is 0.697. The van der Waals surface area contributed by atoms with E-state index in [0.717, 1.165) is 32.1 Å². The molecule has 0 radical (unpaired) electrons. The summed E-state index contributed by atoms with van der Waals surface area (Å²) in [7, 11) is 0. The standard InChI is InChI=1S/C33H47N7O6/c1-32(2,3)25(38-27(42)22-15-34-11-12-35-22)30(45)39-26(33(4,5)6)31(46)40-16-18-13-17-7-10-21(24(41)29(44)36-19-8-9-19)37-28(43)23(40)20(18)14-17/h11-12,15,17-21,23,25-26H,7-10,13-14,16H2,1-6H3,(H,36,44)(H,37,43)(H,38,42)(H,39,45)/t17?,18-,20-,21-,23?,25+,26+/m0/s1. The second kappa shape index (κ2) is 12.7. The third-order valence-electron chi connectivity index (χ3n) is 9.80. The molecule has 2 unspecified atom stereocenters. The van der Waals surface area contributed by atoms with E-state index in [1.165, 1.54) is 18.6 Å². The van der Waals surface area contributed by atoms with Crippen LogP contribution in [0.1, 0.15) is 90.6 Å². The van der Waals surface area contributed by atoms with E-state index in [1.54, 1.807) is 4.90 Å². The molecule has 1 aromatic rings. The van der Waals surface area contributed by atoms with Crippen LogP contribution in [0.2, 0.25) is 0 Å². The Balaban J connectivity index is 1.36. The Bertz CT molecular complexity index is 1380. The molecule has 4 N–H and O–H groups in total. The summed E-state index contributed by atoms with van der Waals surface area (Å²) in [5.74, 6) is -2.92. The van der Waals surface area contributed by atoms with Crippen LogP contribution in [0, 0.1) is 28.6 Å². The van der Waals surface area contributed by atoms with Crippen LogP contribution in [0.4, 0.5) is 0 Å². The maximum atomic E-state index is 14.4. The number of carbonyl (C=O) groups excluding carboxylic acids is 6. The first-order valence-corrected chi connectivity index (χ1v) is 16.4. The molecule has 13 heteroatoms. The lowest BCUT2D eigenvalue weighted by Crippen LogP contribution is -2.63. The van der Waals surface area contributed by atoms with E-state index in [2.05, 4.69) is 31.2 Å². The van der Waals surface area contributed by atoms with Gasteiger partial charge in [0.1, 0.15) is 23.8 Å². The molecule has 4 fully saturated rings. The van der Waals surface area contributed by atoms with Gasteiger partial charge < -0.3 is 26.2 Å². The highest BCUT2D eigenvalue weighted by Gasteiger charge is 2.55. The van der Waals surface area contributed by atoms with Gasteiger partial charge in [-0.05, 0) is 67.1 Å². The van der Waals surface area contributed by atoms with Gasteiger partial charge in [0.05, 0.1) is 12.2 Å². The summed E-state index contributed by atoms with van der Waals surface area (Å²) in [6.45, 7) is 11.3. The van der Waals surface area contributed by atoms with Crippen LogP contribution in [0.15, 0.2) is 18.6 Å². The molecule has 0 aromatic carbocycles. The van der Waals surface area contributed by atoms with E-state index in [9.17, 15) is 28.8 Å². The van der Waals surface area contributed by atoms with Crippen molar-refractivity contribution in [2.75, 3.05) is 6.54 Å². The van der Waals surface area contributed by atoms with Gasteiger partial charge in [0.2, 0.25) is 23.5 Å². The maximum absolute atomic E-state index is 14.4. The molecule has 13 nitrogen and oxygen atoms in total. The summed E-state index contributed by atoms with van der Waals surface area (Å²) in [6.07, 6.45) is 8.51. The van der Waals surface area contributed by atoms with Gasteiger partial charge in [-0.1, -0.05) is 41.5 Å². The average Bonchev–Trinajstić information content (AvgIpc) is 3.59. The Morgan fingerprint density at radius 2 is 1.61 bits per heavy atom. The number of likely N-dealkylation sites (tertiary alicyclic amines) is 1. The van der Waals surface area contributed by atoms with Gasteiger partial charge >= 0.3 is 0 Å². The molecule has 2 aliphatic carbocycles. The first kappa shape index (κ1) is 33.5. The highest BCUT2D eigenvalue weighted by molar-refractivity contribution is 6.38. The molecule has 0 spiro atoms. The van der Waals surface area contributed by atoms with Gasteiger partial charge in [0, 0.05) is 25.0 Å². The molecule has 1 aromatic heterocycles. The van der Waals surface area contributed by atoms with E-state index < -0.39 is 70.3 Å². The number of amides is 5. The van der Waals surface area contributed by atoms with Crippen molar-refractivity contribution in [3.05, 3.63) is 24.3 Å². The summed E-state index contributed by atoms with van der Waals surface area (Å²) in [5, 5.41) is 11.2. The molecular weight excluding hydrogens is 590 g/mol. The molecule has 7 atom stereocenters. The minimum absolute atomic E-state index is 0.0194. The molecule has 2 bridgehead atoms. The number of aromatic nitrogens is 2. The number of nitrogens with zero attached hydrogens (tertiary/aromatic N) is 3. The van der Waals surface area contributed by atoms with Crippen molar-refractivity contribution in [3.8, 4) is 0 Å². The lowest BCUT2D eigenvalue weighted by Gasteiger charge is -2.38. The summed E-state index contributed by atoms with van der Waals surface area (Å²) >= 11 is 0. The predicted octanol–water partition coefficient (Wildman–Crippen LogP) is 1.13. The van der Waals surface area contributed by atoms with E-state index >= 15 is 0 Å². The van der Waals surface area contributed by atoms with Gasteiger partial charge in [-0.15, -0.1) is 0 Å². The largest absolute Gasteiger partial charge is 0.347 e. The average molecular weight is 638 g/mol. The number of hydrogen-bond donors (Lipinski definition) is 4. The molecule has 4 aliphatic rings. The van der Waals surface area contributed by atoms with E-state index in [4.69, 9.17) is 0 Å². The van der Waals surface area contributed by atoms with Crippen LogP contribution in [0.5, 0.6) is 0 Å². The zero-order valence-electron chi connectivity index (χ0n) is 27.6. The molecular formula is C33H47N7O6. The molecule has 2 aliphatic heterocycles. The second-order valence-corrected chi connectivity index (χ2v) is 15.6. The zero-order valence-corrected chi connectivity index (χ0v) is 27.6. The summed E-state index contributed by atoms with van der Waals surface area (Å²) in [6, 6.07) is -3.79. The van der Waals surface area contributed by atoms with Crippen LogP contribution in [-0.4, -0.2) is 86.9 Å². The normalized spacial score (nSPS) is 27.3. The van der Waals surface area contributed by atoms with Crippen molar-refractivity contribution in [3.63, 3.8) is 0 Å². The Kier molecular flexibility index (Phi) is 9.25. The van der Waals surface area contributed by atoms with Crippen molar-refractivity contribution >= 4 is 35.3 Å². The van der Waals surface area contributed by atoms with Gasteiger partial charge in [-0.3, -0.25) is 33.8 Å². The van der Waals surface area contributed by atoms with E-state index in [1.807, 2.05) is 41.5 Å². The molecule has 2 saturated heterocycles. The van der Waals surface area contributed by atoms with Crippen LogP contribution >= 0.6 is 0 Å². The monoisotopic (exact) mass is 637 g/mol. The number of carbonyl (C=O) groups is 6. The SMILES string of the molecule is CC(C)(C)[C@H](NC(=O)c1cnccn1)C(=O)N[C@H](C(=O)N1C[C@@H]2CC3CC[C@@H](C(=O)C(=O)NC4CC4)NC(=O)C1[C@H]2C3)C(C)(C)C. The Morgan fingerprint density at radius 1 is 0.913 bits per heavy atom. The highest BCUT2D eigenvalue weighted by Crippen LogP contribution is 2.48.